The summed E-state index contributed by atoms with van der Waals surface area (Å²) in [5, 5.41) is 0.784. The molecule has 1 heterocycles. The van der Waals surface area contributed by atoms with Gasteiger partial charge in [0.2, 0.25) is 0 Å². The van der Waals surface area contributed by atoms with Crippen LogP contribution in [0.1, 0.15) is 25.8 Å². The van der Waals surface area contributed by atoms with E-state index in [1.807, 2.05) is 24.3 Å². The van der Waals surface area contributed by atoms with Gasteiger partial charge in [0.25, 0.3) is 5.91 Å². The van der Waals surface area contributed by atoms with Crippen LogP contribution in [0.5, 0.6) is 5.75 Å². The number of carbonyl (C=O) groups excluding carboxylic acids is 1. The van der Waals surface area contributed by atoms with Crippen LogP contribution < -0.4 is 9.64 Å². The van der Waals surface area contributed by atoms with Crippen molar-refractivity contribution in [2.75, 3.05) is 36.1 Å². The van der Waals surface area contributed by atoms with E-state index in [0.717, 1.165) is 24.3 Å². The Labute approximate surface area is 200 Å². The van der Waals surface area contributed by atoms with Gasteiger partial charge in [0.05, 0.1) is 16.5 Å². The van der Waals surface area contributed by atoms with Crippen LogP contribution in [-0.2, 0) is 21.2 Å². The summed E-state index contributed by atoms with van der Waals surface area (Å²) in [6, 6.07) is 12.4. The number of ether oxygens (including phenoxy) is 1. The second-order valence-corrected chi connectivity index (χ2v) is 10.9. The van der Waals surface area contributed by atoms with Crippen molar-refractivity contribution in [3.05, 3.63) is 58.1 Å². The summed E-state index contributed by atoms with van der Waals surface area (Å²) in [5.41, 5.74) is 2.05. The fourth-order valence-corrected chi connectivity index (χ4v) is 6.05. The summed E-state index contributed by atoms with van der Waals surface area (Å²) in [6.45, 7) is 6.09. The molecule has 0 saturated carbocycles. The fraction of sp³-hybridized carbons (Fsp3) is 0.435. The van der Waals surface area contributed by atoms with Crippen LogP contribution in [-0.4, -0.2) is 56.5 Å². The summed E-state index contributed by atoms with van der Waals surface area (Å²) >= 11 is 12.0. The molecule has 3 rings (SSSR count). The Morgan fingerprint density at radius 1 is 1.09 bits per heavy atom. The first-order chi connectivity index (χ1) is 15.2. The fourth-order valence-electron chi connectivity index (χ4n) is 3.85. The minimum absolute atomic E-state index is 0.0298. The second-order valence-electron chi connectivity index (χ2n) is 7.78. The Bertz CT molecular complexity index is 1040. The van der Waals surface area contributed by atoms with E-state index < -0.39 is 9.84 Å². The molecule has 1 fully saturated rings. The Balaban J connectivity index is 1.75. The number of hydrogen-bond acceptors (Lipinski definition) is 5. The highest BCUT2D eigenvalue weighted by Gasteiger charge is 2.34. The van der Waals surface area contributed by atoms with E-state index in [4.69, 9.17) is 27.9 Å². The van der Waals surface area contributed by atoms with Gasteiger partial charge in [0.1, 0.15) is 5.75 Å². The van der Waals surface area contributed by atoms with Crippen LogP contribution in [0.2, 0.25) is 10.0 Å². The molecule has 1 atom stereocenters. The number of sulfone groups is 1. The number of hydrogen-bond donors (Lipinski definition) is 0. The SMILES string of the molecule is CCN(CC)c1ccc(CN(C(=O)COc2ccc(Cl)cc2Cl)C2CCS(=O)(=O)C2)cc1. The highest BCUT2D eigenvalue weighted by molar-refractivity contribution is 7.91. The zero-order valence-electron chi connectivity index (χ0n) is 18.3. The van der Waals surface area contributed by atoms with E-state index in [0.29, 0.717) is 28.8 Å². The van der Waals surface area contributed by atoms with Gasteiger partial charge < -0.3 is 14.5 Å². The number of halogens is 2. The van der Waals surface area contributed by atoms with Gasteiger partial charge in [-0.25, -0.2) is 8.42 Å². The van der Waals surface area contributed by atoms with Gasteiger partial charge in [-0.3, -0.25) is 4.79 Å². The van der Waals surface area contributed by atoms with Crippen LogP contribution in [0, 0.1) is 0 Å². The Kier molecular flexibility index (Phi) is 8.31. The number of amides is 1. The molecular formula is C23H28Cl2N2O4S. The van der Waals surface area contributed by atoms with Crippen LogP contribution in [0.4, 0.5) is 5.69 Å². The van der Waals surface area contributed by atoms with Crippen molar-refractivity contribution >= 4 is 44.6 Å². The highest BCUT2D eigenvalue weighted by atomic mass is 35.5. The maximum atomic E-state index is 13.1. The topological polar surface area (TPSA) is 66.9 Å². The number of carbonyl (C=O) groups is 1. The van der Waals surface area contributed by atoms with Crippen molar-refractivity contribution in [1.29, 1.82) is 0 Å². The molecule has 0 N–H and O–H groups in total. The van der Waals surface area contributed by atoms with Crippen molar-refractivity contribution in [1.82, 2.24) is 4.90 Å². The third-order valence-electron chi connectivity index (χ3n) is 5.63. The van der Waals surface area contributed by atoms with Gasteiger partial charge in [-0.15, -0.1) is 0 Å². The molecule has 32 heavy (non-hydrogen) atoms. The van der Waals surface area contributed by atoms with E-state index in [9.17, 15) is 13.2 Å². The summed E-state index contributed by atoms with van der Waals surface area (Å²) in [7, 11) is -3.15. The Morgan fingerprint density at radius 2 is 1.78 bits per heavy atom. The lowest BCUT2D eigenvalue weighted by Crippen LogP contribution is -2.43. The summed E-state index contributed by atoms with van der Waals surface area (Å²) in [5.74, 6) is 0.127. The lowest BCUT2D eigenvalue weighted by Gasteiger charge is -2.29. The van der Waals surface area contributed by atoms with E-state index in [1.165, 1.54) is 0 Å². The second kappa shape index (κ2) is 10.8. The lowest BCUT2D eigenvalue weighted by molar-refractivity contribution is -0.136. The molecule has 2 aromatic carbocycles. The molecule has 0 spiro atoms. The number of anilines is 1. The predicted molar refractivity (Wildman–Crippen MR) is 130 cm³/mol. The van der Waals surface area contributed by atoms with E-state index in [-0.39, 0.29) is 30.1 Å². The van der Waals surface area contributed by atoms with Crippen molar-refractivity contribution in [2.45, 2.75) is 32.9 Å². The average molecular weight is 499 g/mol. The largest absolute Gasteiger partial charge is 0.482 e. The maximum absolute atomic E-state index is 13.1. The highest BCUT2D eigenvalue weighted by Crippen LogP contribution is 2.28. The van der Waals surface area contributed by atoms with Gasteiger partial charge in [-0.05, 0) is 56.2 Å². The van der Waals surface area contributed by atoms with Crippen LogP contribution in [0.25, 0.3) is 0 Å². The molecule has 0 aromatic heterocycles. The first-order valence-electron chi connectivity index (χ1n) is 10.6. The number of nitrogens with zero attached hydrogens (tertiary/aromatic N) is 2. The zero-order chi connectivity index (χ0) is 23.3. The molecule has 0 bridgehead atoms. The van der Waals surface area contributed by atoms with Crippen molar-refractivity contribution in [3.63, 3.8) is 0 Å². The van der Waals surface area contributed by atoms with E-state index in [1.54, 1.807) is 23.1 Å². The molecule has 1 aliphatic rings. The van der Waals surface area contributed by atoms with Gasteiger partial charge in [-0.1, -0.05) is 35.3 Å². The molecule has 2 aromatic rings. The molecular weight excluding hydrogens is 471 g/mol. The average Bonchev–Trinajstić information content (AvgIpc) is 3.12. The summed E-state index contributed by atoms with van der Waals surface area (Å²) in [4.78, 5) is 16.9. The Hall–Kier alpha value is -1.96. The third-order valence-corrected chi connectivity index (χ3v) is 7.91. The van der Waals surface area contributed by atoms with E-state index >= 15 is 0 Å². The zero-order valence-corrected chi connectivity index (χ0v) is 20.6. The van der Waals surface area contributed by atoms with Crippen LogP contribution in [0.15, 0.2) is 42.5 Å². The Morgan fingerprint density at radius 3 is 2.34 bits per heavy atom. The molecule has 6 nitrogen and oxygen atoms in total. The molecule has 1 unspecified atom stereocenters. The monoisotopic (exact) mass is 498 g/mol. The molecule has 0 radical (unpaired) electrons. The maximum Gasteiger partial charge on any atom is 0.261 e. The van der Waals surface area contributed by atoms with Crippen LogP contribution >= 0.6 is 23.2 Å². The van der Waals surface area contributed by atoms with Gasteiger partial charge in [0.15, 0.2) is 16.4 Å². The normalized spacial score (nSPS) is 17.2. The van der Waals surface area contributed by atoms with Crippen molar-refractivity contribution < 1.29 is 17.9 Å². The molecule has 1 aliphatic heterocycles. The predicted octanol–water partition coefficient (Wildman–Crippen LogP) is 4.43. The van der Waals surface area contributed by atoms with Gasteiger partial charge in [0, 0.05) is 36.4 Å². The van der Waals surface area contributed by atoms with E-state index in [2.05, 4.69) is 18.7 Å². The van der Waals surface area contributed by atoms with Crippen molar-refractivity contribution in [3.8, 4) is 5.75 Å². The standard InChI is InChI=1S/C23H28Cl2N2O4S/c1-3-26(4-2)19-8-5-17(6-9-19)14-27(20-11-12-32(29,30)16-20)23(28)15-31-22-10-7-18(24)13-21(22)25/h5-10,13,20H,3-4,11-12,14-16H2,1-2H3. The number of rotatable bonds is 9. The van der Waals surface area contributed by atoms with Gasteiger partial charge >= 0.3 is 0 Å². The molecule has 1 saturated heterocycles. The summed E-state index contributed by atoms with van der Waals surface area (Å²) in [6.07, 6.45) is 0.424. The first kappa shape index (κ1) is 24.7. The molecule has 9 heteroatoms. The van der Waals surface area contributed by atoms with Crippen LogP contribution in [0.3, 0.4) is 0 Å². The molecule has 0 aliphatic carbocycles. The smallest absolute Gasteiger partial charge is 0.261 e. The summed E-state index contributed by atoms with van der Waals surface area (Å²) < 4.78 is 29.7. The van der Waals surface area contributed by atoms with Gasteiger partial charge in [-0.2, -0.15) is 0 Å². The lowest BCUT2D eigenvalue weighted by atomic mass is 10.1. The molecule has 174 valence electrons. The number of benzene rings is 2. The molecule has 1 amide bonds. The minimum atomic E-state index is -3.15. The first-order valence-corrected chi connectivity index (χ1v) is 13.2. The quantitative estimate of drug-likeness (QED) is 0.511. The minimum Gasteiger partial charge on any atom is -0.482 e. The van der Waals surface area contributed by atoms with Crippen molar-refractivity contribution in [2.24, 2.45) is 0 Å². The third kappa shape index (κ3) is 6.30.